The minimum atomic E-state index is -0.325. The average Bonchev–Trinajstić information content (AvgIpc) is 3.06. The zero-order chi connectivity index (χ0) is 16.9. The number of benzene rings is 2. The minimum absolute atomic E-state index is 0.221. The molecule has 3 aromatic rings. The second kappa shape index (κ2) is 7.31. The summed E-state index contributed by atoms with van der Waals surface area (Å²) >= 11 is 3.36. The van der Waals surface area contributed by atoms with E-state index in [1.807, 2.05) is 49.4 Å². The maximum atomic E-state index is 12.2. The molecule has 1 amide bonds. The maximum absolute atomic E-state index is 12.2. The van der Waals surface area contributed by atoms with Crippen LogP contribution < -0.4 is 10.1 Å². The molecule has 0 atom stereocenters. The maximum Gasteiger partial charge on any atom is 0.277 e. The van der Waals surface area contributed by atoms with Crippen molar-refractivity contribution in [1.29, 1.82) is 0 Å². The second-order valence-corrected chi connectivity index (χ2v) is 5.91. The third-order valence-corrected chi connectivity index (χ3v) is 3.77. The van der Waals surface area contributed by atoms with E-state index < -0.39 is 0 Å². The number of rotatable bonds is 5. The summed E-state index contributed by atoms with van der Waals surface area (Å²) in [4.78, 5) is 12.2. The van der Waals surface area contributed by atoms with Crippen LogP contribution in [0.15, 0.2) is 63.6 Å². The smallest absolute Gasteiger partial charge is 0.277 e. The van der Waals surface area contributed by atoms with Gasteiger partial charge in [-0.2, -0.15) is 0 Å². The number of hydrogen-bond acceptors (Lipinski definition) is 4. The fourth-order valence-electron chi connectivity index (χ4n) is 2.16. The number of hydrogen-bond donors (Lipinski definition) is 1. The number of anilines is 1. The van der Waals surface area contributed by atoms with Crippen LogP contribution in [0, 0.1) is 0 Å². The zero-order valence-corrected chi connectivity index (χ0v) is 14.5. The lowest BCUT2D eigenvalue weighted by molar-refractivity contribution is 0.101. The fraction of sp³-hybridized carbons (Fsp3) is 0.111. The lowest BCUT2D eigenvalue weighted by Gasteiger charge is -2.03. The predicted molar refractivity (Wildman–Crippen MR) is 95.2 cm³/mol. The highest BCUT2D eigenvalue weighted by atomic mass is 79.9. The van der Waals surface area contributed by atoms with Gasteiger partial charge in [0.2, 0.25) is 0 Å². The Labute approximate surface area is 147 Å². The number of amides is 1. The molecule has 0 spiro atoms. The van der Waals surface area contributed by atoms with E-state index in [1.165, 1.54) is 0 Å². The highest BCUT2D eigenvalue weighted by Crippen LogP contribution is 2.24. The first kappa shape index (κ1) is 16.3. The number of carbonyl (C=O) groups excluding carboxylic acids is 1. The molecule has 0 radical (unpaired) electrons. The normalized spacial score (nSPS) is 10.4. The summed E-state index contributed by atoms with van der Waals surface area (Å²) in [6.07, 6.45) is 0. The highest BCUT2D eigenvalue weighted by molar-refractivity contribution is 9.10. The van der Waals surface area contributed by atoms with Crippen molar-refractivity contribution in [2.45, 2.75) is 6.92 Å². The van der Waals surface area contributed by atoms with Crippen LogP contribution in [0.4, 0.5) is 5.69 Å². The van der Waals surface area contributed by atoms with Crippen molar-refractivity contribution in [2.75, 3.05) is 11.9 Å². The Kier molecular flexibility index (Phi) is 4.96. The number of ether oxygens (including phenoxy) is 1. The SMILES string of the molecule is CCOc1ccc(-c2cc(C(=O)Nc3cccc(Br)c3)no2)cc1. The molecule has 6 heteroatoms. The molecular formula is C18H15BrN2O3. The van der Waals surface area contributed by atoms with Gasteiger partial charge in [-0.3, -0.25) is 4.79 Å². The molecule has 1 aromatic heterocycles. The van der Waals surface area contributed by atoms with Crippen molar-refractivity contribution in [3.63, 3.8) is 0 Å². The molecule has 1 N–H and O–H groups in total. The van der Waals surface area contributed by atoms with E-state index in [-0.39, 0.29) is 11.6 Å². The van der Waals surface area contributed by atoms with E-state index in [0.29, 0.717) is 18.1 Å². The van der Waals surface area contributed by atoms with Crippen LogP contribution in [-0.2, 0) is 0 Å². The van der Waals surface area contributed by atoms with E-state index >= 15 is 0 Å². The van der Waals surface area contributed by atoms with Gasteiger partial charge in [-0.05, 0) is 49.4 Å². The first-order chi connectivity index (χ1) is 11.7. The summed E-state index contributed by atoms with van der Waals surface area (Å²) in [6.45, 7) is 2.54. The first-order valence-corrected chi connectivity index (χ1v) is 8.22. The number of nitrogens with one attached hydrogen (secondary N) is 1. The first-order valence-electron chi connectivity index (χ1n) is 7.42. The van der Waals surface area contributed by atoms with Crippen molar-refractivity contribution in [1.82, 2.24) is 5.16 Å². The van der Waals surface area contributed by atoms with Crippen molar-refractivity contribution >= 4 is 27.5 Å². The van der Waals surface area contributed by atoms with Crippen LogP contribution in [0.1, 0.15) is 17.4 Å². The number of carbonyl (C=O) groups is 1. The monoisotopic (exact) mass is 386 g/mol. The van der Waals surface area contributed by atoms with Gasteiger partial charge in [0, 0.05) is 21.8 Å². The van der Waals surface area contributed by atoms with Gasteiger partial charge in [-0.1, -0.05) is 27.2 Å². The molecule has 0 saturated carbocycles. The van der Waals surface area contributed by atoms with Gasteiger partial charge in [0.25, 0.3) is 5.91 Å². The van der Waals surface area contributed by atoms with Crippen molar-refractivity contribution in [3.8, 4) is 17.1 Å². The molecule has 1 heterocycles. The summed E-state index contributed by atoms with van der Waals surface area (Å²) in [7, 11) is 0. The molecule has 0 saturated heterocycles. The standard InChI is InChI=1S/C18H15BrN2O3/c1-2-23-15-8-6-12(7-9-15)17-11-16(21-24-17)18(22)20-14-5-3-4-13(19)10-14/h3-11H,2H2,1H3,(H,20,22). The van der Waals surface area contributed by atoms with Gasteiger partial charge in [-0.15, -0.1) is 0 Å². The fourth-order valence-corrected chi connectivity index (χ4v) is 2.56. The summed E-state index contributed by atoms with van der Waals surface area (Å²) < 4.78 is 11.6. The summed E-state index contributed by atoms with van der Waals surface area (Å²) in [6, 6.07) is 16.4. The molecule has 122 valence electrons. The Hall–Kier alpha value is -2.60. The third kappa shape index (κ3) is 3.83. The Morgan fingerprint density at radius 1 is 1.21 bits per heavy atom. The van der Waals surface area contributed by atoms with Crippen LogP contribution in [0.25, 0.3) is 11.3 Å². The van der Waals surface area contributed by atoms with Crippen LogP contribution in [0.3, 0.4) is 0 Å². The van der Waals surface area contributed by atoms with Crippen LogP contribution in [0.5, 0.6) is 5.75 Å². The second-order valence-electron chi connectivity index (χ2n) is 5.00. The topological polar surface area (TPSA) is 64.4 Å². The summed E-state index contributed by atoms with van der Waals surface area (Å²) in [5.74, 6) is 0.986. The van der Waals surface area contributed by atoms with Crippen LogP contribution in [-0.4, -0.2) is 17.7 Å². The van der Waals surface area contributed by atoms with Gasteiger partial charge in [-0.25, -0.2) is 0 Å². The Balaban J connectivity index is 1.73. The van der Waals surface area contributed by atoms with E-state index in [9.17, 15) is 4.79 Å². The number of halogens is 1. The summed E-state index contributed by atoms with van der Waals surface area (Å²) in [5, 5.41) is 6.62. The van der Waals surface area contributed by atoms with Crippen LogP contribution >= 0.6 is 15.9 Å². The van der Waals surface area contributed by atoms with E-state index in [0.717, 1.165) is 15.8 Å². The van der Waals surface area contributed by atoms with Gasteiger partial charge in [0.15, 0.2) is 11.5 Å². The third-order valence-electron chi connectivity index (χ3n) is 3.28. The largest absolute Gasteiger partial charge is 0.494 e. The number of aromatic nitrogens is 1. The lowest BCUT2D eigenvalue weighted by atomic mass is 10.1. The molecule has 24 heavy (non-hydrogen) atoms. The van der Waals surface area contributed by atoms with Gasteiger partial charge >= 0.3 is 0 Å². The van der Waals surface area contributed by atoms with Crippen molar-refractivity contribution < 1.29 is 14.1 Å². The van der Waals surface area contributed by atoms with Gasteiger partial charge in [0.1, 0.15) is 5.75 Å². The molecule has 0 bridgehead atoms. The van der Waals surface area contributed by atoms with E-state index in [2.05, 4.69) is 26.4 Å². The highest BCUT2D eigenvalue weighted by Gasteiger charge is 2.14. The van der Waals surface area contributed by atoms with Crippen molar-refractivity contribution in [2.24, 2.45) is 0 Å². The average molecular weight is 387 g/mol. The zero-order valence-electron chi connectivity index (χ0n) is 13.0. The van der Waals surface area contributed by atoms with Crippen LogP contribution in [0.2, 0.25) is 0 Å². The van der Waals surface area contributed by atoms with Gasteiger partial charge < -0.3 is 14.6 Å². The molecule has 0 fully saturated rings. The number of nitrogens with zero attached hydrogens (tertiary/aromatic N) is 1. The molecule has 3 rings (SSSR count). The molecule has 2 aromatic carbocycles. The Morgan fingerprint density at radius 2 is 2.00 bits per heavy atom. The predicted octanol–water partition coefficient (Wildman–Crippen LogP) is 4.76. The molecule has 0 aliphatic rings. The molecule has 5 nitrogen and oxygen atoms in total. The minimum Gasteiger partial charge on any atom is -0.494 e. The van der Waals surface area contributed by atoms with Crippen molar-refractivity contribution in [3.05, 3.63) is 64.8 Å². The molecule has 0 aliphatic carbocycles. The summed E-state index contributed by atoms with van der Waals surface area (Å²) in [5.41, 5.74) is 1.73. The lowest BCUT2D eigenvalue weighted by Crippen LogP contribution is -2.11. The Morgan fingerprint density at radius 3 is 2.71 bits per heavy atom. The molecular weight excluding hydrogens is 372 g/mol. The molecule has 0 aliphatic heterocycles. The molecule has 0 unspecified atom stereocenters. The quantitative estimate of drug-likeness (QED) is 0.686. The van der Waals surface area contributed by atoms with E-state index in [1.54, 1.807) is 12.1 Å². The van der Waals surface area contributed by atoms with Gasteiger partial charge in [0.05, 0.1) is 6.61 Å². The Bertz CT molecular complexity index is 843. The van der Waals surface area contributed by atoms with E-state index in [4.69, 9.17) is 9.26 Å².